The van der Waals surface area contributed by atoms with Crippen LogP contribution in [0, 0.1) is 23.4 Å². The molecule has 1 unspecified atom stereocenters. The zero-order valence-corrected chi connectivity index (χ0v) is 9.52. The van der Waals surface area contributed by atoms with Gasteiger partial charge in [0.15, 0.2) is 6.07 Å². The summed E-state index contributed by atoms with van der Waals surface area (Å²) in [5, 5.41) is 10.7. The van der Waals surface area contributed by atoms with E-state index >= 15 is 0 Å². The monoisotopic (exact) mass is 272 g/mol. The van der Waals surface area contributed by atoms with Gasteiger partial charge < -0.3 is 9.15 Å². The molecular weight excluding hydrogens is 269 g/mol. The van der Waals surface area contributed by atoms with E-state index < -0.39 is 13.0 Å². The lowest BCUT2D eigenvalue weighted by atomic mass is 10.8. The van der Waals surface area contributed by atoms with E-state index in [0.29, 0.717) is 0 Å². The molecule has 9 heteroatoms. The van der Waals surface area contributed by atoms with E-state index in [4.69, 9.17) is 28.5 Å². The van der Waals surface area contributed by atoms with Gasteiger partial charge in [-0.2, -0.15) is 9.65 Å². The highest BCUT2D eigenvalue weighted by atomic mass is 35.5. The summed E-state index contributed by atoms with van der Waals surface area (Å²) in [6.45, 7) is 0. The molecule has 5 nitrogen and oxygen atoms in total. The predicted octanol–water partition coefficient (Wildman–Crippen LogP) is 2.42. The first-order valence-corrected chi connectivity index (χ1v) is 5.98. The van der Waals surface area contributed by atoms with Gasteiger partial charge in [-0.05, 0) is 16.8 Å². The third-order valence-electron chi connectivity index (χ3n) is 0.884. The zero-order chi connectivity index (χ0) is 11.7. The molecule has 0 N–H and O–H groups in total. The predicted molar refractivity (Wildman–Crippen MR) is 53.1 cm³/mol. The molecule has 0 radical (unpaired) electrons. The summed E-state index contributed by atoms with van der Waals surface area (Å²) in [4.78, 5) is 0. The van der Waals surface area contributed by atoms with E-state index in [9.17, 15) is 8.96 Å². The quantitative estimate of drug-likeness (QED) is 0.253. The number of hydrogen-bond acceptors (Lipinski definition) is 5. The first-order valence-electron chi connectivity index (χ1n) is 3.34. The average molecular weight is 273 g/mol. The highest BCUT2D eigenvalue weighted by molar-refractivity contribution is 7.54. The van der Waals surface area contributed by atoms with Crippen molar-refractivity contribution in [2.24, 2.45) is 5.16 Å². The Morgan fingerprint density at radius 2 is 2.33 bits per heavy atom. The fraction of sp³-hybridized carbons (Fsp3) is 0.333. The van der Waals surface area contributed by atoms with E-state index in [-0.39, 0.29) is 12.0 Å². The number of alkyl halides is 1. The van der Waals surface area contributed by atoms with Gasteiger partial charge in [0.25, 0.3) is 0 Å². The van der Waals surface area contributed by atoms with Gasteiger partial charge in [-0.1, -0.05) is 0 Å². The third kappa shape index (κ3) is 7.04. The van der Waals surface area contributed by atoms with Crippen LogP contribution in [0.2, 0.25) is 0 Å². The van der Waals surface area contributed by atoms with Crippen LogP contribution in [0.3, 0.4) is 0 Å². The van der Waals surface area contributed by atoms with E-state index in [2.05, 4.69) is 14.3 Å². The molecule has 0 rings (SSSR count). The Hall–Kier alpha value is -0.940. The second kappa shape index (κ2) is 7.36. The Morgan fingerprint density at radius 3 is 2.80 bits per heavy atom. The van der Waals surface area contributed by atoms with Crippen molar-refractivity contribution in [2.75, 3.05) is 12.0 Å². The normalized spacial score (nSPS) is 14.1. The minimum atomic E-state index is -3.77. The van der Waals surface area contributed by atoms with Crippen molar-refractivity contribution in [1.29, 1.82) is 5.26 Å². The van der Waals surface area contributed by atoms with Crippen molar-refractivity contribution in [2.45, 2.75) is 0 Å². The van der Waals surface area contributed by atoms with Crippen LogP contribution in [0.15, 0.2) is 5.16 Å². The van der Waals surface area contributed by atoms with Gasteiger partial charge in [0, 0.05) is 5.88 Å². The molecule has 0 aromatic carbocycles. The molecule has 15 heavy (non-hydrogen) atoms. The standard InChI is InChI=1S/C6H4Cl2FN2O3P/c7-2-5-15(12,13-4-1-3-10)14-11-6(8)9/h2,5H2/b11-6-. The summed E-state index contributed by atoms with van der Waals surface area (Å²) in [7, 11) is -3.77. The first kappa shape index (κ1) is 14.1. The van der Waals surface area contributed by atoms with Crippen LogP contribution >= 0.6 is 30.8 Å². The van der Waals surface area contributed by atoms with Crippen LogP contribution in [0.1, 0.15) is 0 Å². The summed E-state index contributed by atoms with van der Waals surface area (Å²) < 4.78 is 32.1. The van der Waals surface area contributed by atoms with Gasteiger partial charge in [-0.25, -0.2) is 4.57 Å². The average Bonchev–Trinajstić information content (AvgIpc) is 2.16. The minimum absolute atomic E-state index is 0.0784. The van der Waals surface area contributed by atoms with Gasteiger partial charge in [0.05, 0.1) is 12.1 Å². The van der Waals surface area contributed by atoms with Gasteiger partial charge >= 0.3 is 13.0 Å². The third-order valence-corrected chi connectivity index (χ3v) is 2.88. The molecule has 0 aliphatic carbocycles. The Bertz CT molecular complexity index is 380. The highest BCUT2D eigenvalue weighted by Crippen LogP contribution is 2.48. The molecule has 0 aliphatic heterocycles. The van der Waals surface area contributed by atoms with E-state index in [1.54, 1.807) is 6.11 Å². The molecule has 0 bridgehead atoms. The molecule has 0 fully saturated rings. The summed E-state index contributed by atoms with van der Waals surface area (Å²) in [6.07, 6.45) is 1.54. The molecule has 1 atom stereocenters. The van der Waals surface area contributed by atoms with Gasteiger partial charge in [-0.3, -0.25) is 0 Å². The number of halogens is 3. The van der Waals surface area contributed by atoms with Crippen molar-refractivity contribution in [3.8, 4) is 18.1 Å². The highest BCUT2D eigenvalue weighted by Gasteiger charge is 2.26. The SMILES string of the molecule is N#CC#COP(=O)(CCCl)O/N=C(\F)Cl. The summed E-state index contributed by atoms with van der Waals surface area (Å²) in [6, 6.07) is 1.42. The van der Waals surface area contributed by atoms with Crippen molar-refractivity contribution in [3.63, 3.8) is 0 Å². The van der Waals surface area contributed by atoms with Crippen LogP contribution in [-0.4, -0.2) is 17.5 Å². The second-order valence-electron chi connectivity index (χ2n) is 1.87. The molecule has 0 aromatic rings. The second-order valence-corrected chi connectivity index (χ2v) is 4.57. The van der Waals surface area contributed by atoms with Crippen LogP contribution < -0.4 is 0 Å². The van der Waals surface area contributed by atoms with Gasteiger partial charge in [-0.15, -0.1) is 11.6 Å². The van der Waals surface area contributed by atoms with E-state index in [1.165, 1.54) is 6.07 Å². The fourth-order valence-corrected chi connectivity index (χ4v) is 1.91. The van der Waals surface area contributed by atoms with E-state index in [1.807, 2.05) is 5.92 Å². The summed E-state index contributed by atoms with van der Waals surface area (Å²) >= 11 is 10.00. The Labute approximate surface area is 95.3 Å². The molecule has 0 aliphatic rings. The molecular formula is C6H4Cl2FN2O3P. The molecule has 0 amide bonds. The smallest absolute Gasteiger partial charge is 0.360 e. The van der Waals surface area contributed by atoms with Crippen molar-refractivity contribution in [3.05, 3.63) is 0 Å². The molecule has 82 valence electrons. The molecule has 0 aromatic heterocycles. The lowest BCUT2D eigenvalue weighted by molar-refractivity contribution is 0.267. The van der Waals surface area contributed by atoms with Crippen molar-refractivity contribution < 1.29 is 18.1 Å². The van der Waals surface area contributed by atoms with Crippen molar-refractivity contribution >= 4 is 36.2 Å². The maximum absolute atomic E-state index is 12.0. The maximum Gasteiger partial charge on any atom is 0.460 e. The molecule has 0 saturated heterocycles. The lowest BCUT2D eigenvalue weighted by Crippen LogP contribution is -1.95. The number of nitriles is 1. The van der Waals surface area contributed by atoms with Crippen LogP contribution in [0.25, 0.3) is 0 Å². The number of nitrogens with zero attached hydrogens (tertiary/aromatic N) is 2. The molecule has 0 spiro atoms. The Morgan fingerprint density at radius 1 is 1.67 bits per heavy atom. The van der Waals surface area contributed by atoms with Crippen LogP contribution in [-0.2, 0) is 13.7 Å². The molecule has 0 saturated carbocycles. The first-order chi connectivity index (χ1) is 7.04. The lowest BCUT2D eigenvalue weighted by Gasteiger charge is -2.09. The minimum Gasteiger partial charge on any atom is -0.360 e. The zero-order valence-electron chi connectivity index (χ0n) is 7.11. The topological polar surface area (TPSA) is 71.7 Å². The van der Waals surface area contributed by atoms with E-state index in [0.717, 1.165) is 0 Å². The van der Waals surface area contributed by atoms with Crippen LogP contribution in [0.4, 0.5) is 4.39 Å². The maximum atomic E-state index is 12.0. The fourth-order valence-electron chi connectivity index (χ4n) is 0.415. The Kier molecular flexibility index (Phi) is 6.90. The number of oxime groups is 1. The van der Waals surface area contributed by atoms with Crippen molar-refractivity contribution in [1.82, 2.24) is 0 Å². The number of hydrogen-bond donors (Lipinski definition) is 0. The number of rotatable bonds is 5. The van der Waals surface area contributed by atoms with Gasteiger partial charge in [0.1, 0.15) is 6.11 Å². The van der Waals surface area contributed by atoms with Crippen LogP contribution in [0.5, 0.6) is 0 Å². The largest absolute Gasteiger partial charge is 0.460 e. The summed E-state index contributed by atoms with van der Waals surface area (Å²) in [5.41, 5.74) is -1.44. The summed E-state index contributed by atoms with van der Waals surface area (Å²) in [5.74, 6) is 1.73. The Balaban J connectivity index is 4.53. The van der Waals surface area contributed by atoms with Gasteiger partial charge in [0.2, 0.25) is 0 Å². The molecule has 0 heterocycles.